The highest BCUT2D eigenvalue weighted by Crippen LogP contribution is 2.26. The summed E-state index contributed by atoms with van der Waals surface area (Å²) in [5.41, 5.74) is 3.65. The third kappa shape index (κ3) is 4.53. The van der Waals surface area contributed by atoms with Crippen LogP contribution in [0.1, 0.15) is 62.2 Å². The quantitative estimate of drug-likeness (QED) is 0.554. The predicted molar refractivity (Wildman–Crippen MR) is 114 cm³/mol. The Bertz CT molecular complexity index is 997. The Balaban J connectivity index is 1.51. The molecule has 1 atom stereocenters. The van der Waals surface area contributed by atoms with E-state index in [-0.39, 0.29) is 11.9 Å². The average molecular weight is 393 g/mol. The Labute approximate surface area is 170 Å². The minimum atomic E-state index is -0.345. The summed E-state index contributed by atoms with van der Waals surface area (Å²) in [6.07, 6.45) is 10.3. The molecule has 3 aromatic rings. The molecule has 29 heavy (non-hydrogen) atoms. The second-order valence-electron chi connectivity index (χ2n) is 7.85. The van der Waals surface area contributed by atoms with Crippen LogP contribution in [-0.2, 0) is 11.2 Å². The molecule has 2 heterocycles. The normalized spacial score (nSPS) is 15.9. The lowest BCUT2D eigenvalue weighted by atomic mass is 9.95. The summed E-state index contributed by atoms with van der Waals surface area (Å²) in [5.74, 6) is 0.376. The van der Waals surface area contributed by atoms with Crippen LogP contribution in [0.15, 0.2) is 47.7 Å². The molecule has 6 nitrogen and oxygen atoms in total. The van der Waals surface area contributed by atoms with Gasteiger partial charge in [0.05, 0.1) is 5.70 Å². The van der Waals surface area contributed by atoms with E-state index >= 15 is 0 Å². The number of aromatic amines is 1. The van der Waals surface area contributed by atoms with Crippen LogP contribution in [0.25, 0.3) is 16.6 Å². The first kappa shape index (κ1) is 19.3. The fraction of sp³-hybridized carbons (Fsp3) is 0.391. The van der Waals surface area contributed by atoms with E-state index in [2.05, 4.69) is 33.2 Å². The molecular weight excluding hydrogens is 364 g/mol. The van der Waals surface area contributed by atoms with Gasteiger partial charge in [-0.3, -0.25) is 4.79 Å². The zero-order valence-electron chi connectivity index (χ0n) is 16.8. The van der Waals surface area contributed by atoms with Crippen molar-refractivity contribution in [1.82, 2.24) is 20.6 Å². The molecule has 1 fully saturated rings. The lowest BCUT2D eigenvalue weighted by Crippen LogP contribution is -2.29. The van der Waals surface area contributed by atoms with Crippen molar-refractivity contribution in [3.05, 3.63) is 60.5 Å². The van der Waals surface area contributed by atoms with Crippen molar-refractivity contribution in [2.75, 3.05) is 0 Å². The largest absolute Gasteiger partial charge is 0.446 e. The lowest BCUT2D eigenvalue weighted by Gasteiger charge is -2.24. The first-order chi connectivity index (χ1) is 14.1. The van der Waals surface area contributed by atoms with Crippen molar-refractivity contribution in [2.45, 2.75) is 57.5 Å². The first-order valence-corrected chi connectivity index (χ1v) is 10.3. The SMILES string of the molecule is C=C(NC1CCCCC1)c1coc(C(Cc2c[nH]c3ccccc23)NC(C)=O)n1. The van der Waals surface area contributed by atoms with Gasteiger partial charge in [-0.25, -0.2) is 4.98 Å². The molecule has 0 radical (unpaired) electrons. The van der Waals surface area contributed by atoms with Crippen molar-refractivity contribution < 1.29 is 9.21 Å². The van der Waals surface area contributed by atoms with E-state index in [1.807, 2.05) is 24.4 Å². The van der Waals surface area contributed by atoms with E-state index in [1.54, 1.807) is 6.26 Å². The Kier molecular flexibility index (Phi) is 5.69. The highest BCUT2D eigenvalue weighted by molar-refractivity contribution is 5.83. The van der Waals surface area contributed by atoms with Gasteiger partial charge in [0, 0.05) is 36.5 Å². The van der Waals surface area contributed by atoms with Crippen molar-refractivity contribution in [3.63, 3.8) is 0 Å². The number of hydrogen-bond donors (Lipinski definition) is 3. The van der Waals surface area contributed by atoms with Crippen molar-refractivity contribution in [2.24, 2.45) is 0 Å². The van der Waals surface area contributed by atoms with Crippen LogP contribution in [0.4, 0.5) is 0 Å². The second kappa shape index (κ2) is 8.55. The van der Waals surface area contributed by atoms with E-state index in [0.29, 0.717) is 24.0 Å². The third-order valence-electron chi connectivity index (χ3n) is 5.59. The molecule has 0 spiro atoms. The summed E-state index contributed by atoms with van der Waals surface area (Å²) in [5, 5.41) is 7.60. The molecule has 6 heteroatoms. The van der Waals surface area contributed by atoms with Gasteiger partial charge in [0.1, 0.15) is 18.0 Å². The average Bonchev–Trinajstić information content (AvgIpc) is 3.36. The maximum atomic E-state index is 11.8. The molecular formula is C23H28N4O2. The molecule has 1 aromatic carbocycles. The maximum Gasteiger partial charge on any atom is 0.217 e. The van der Waals surface area contributed by atoms with Gasteiger partial charge in [-0.05, 0) is 24.5 Å². The standard InChI is InChI=1S/C23H28N4O2/c1-15(25-18-8-4-3-5-9-18)22-14-29-23(27-22)21(26-16(2)28)12-17-13-24-20-11-7-6-10-19(17)20/h6-7,10-11,13-14,18,21,24-25H,1,3-5,8-9,12H2,2H3,(H,26,28). The first-order valence-electron chi connectivity index (χ1n) is 10.3. The van der Waals surface area contributed by atoms with Crippen LogP contribution in [0.3, 0.4) is 0 Å². The number of carbonyl (C=O) groups is 1. The maximum absolute atomic E-state index is 11.8. The van der Waals surface area contributed by atoms with Gasteiger partial charge in [-0.1, -0.05) is 44.0 Å². The molecule has 152 valence electrons. The van der Waals surface area contributed by atoms with E-state index in [0.717, 1.165) is 22.2 Å². The van der Waals surface area contributed by atoms with Crippen molar-refractivity contribution >= 4 is 22.5 Å². The predicted octanol–water partition coefficient (Wildman–Crippen LogP) is 4.47. The summed E-state index contributed by atoms with van der Waals surface area (Å²) < 4.78 is 5.76. The van der Waals surface area contributed by atoms with Gasteiger partial charge < -0.3 is 20.0 Å². The number of nitrogens with zero attached hydrogens (tertiary/aromatic N) is 1. The van der Waals surface area contributed by atoms with Gasteiger partial charge in [0.15, 0.2) is 0 Å². The molecule has 0 saturated heterocycles. The van der Waals surface area contributed by atoms with Crippen LogP contribution in [-0.4, -0.2) is 21.9 Å². The van der Waals surface area contributed by atoms with E-state index < -0.39 is 0 Å². The van der Waals surface area contributed by atoms with Gasteiger partial charge in [0.2, 0.25) is 11.8 Å². The van der Waals surface area contributed by atoms with Gasteiger partial charge in [0.25, 0.3) is 0 Å². The highest BCUT2D eigenvalue weighted by Gasteiger charge is 2.22. The molecule has 1 aliphatic rings. The minimum absolute atomic E-state index is 0.117. The molecule has 0 bridgehead atoms. The fourth-order valence-electron chi connectivity index (χ4n) is 4.12. The van der Waals surface area contributed by atoms with E-state index in [9.17, 15) is 4.79 Å². The third-order valence-corrected chi connectivity index (χ3v) is 5.59. The Morgan fingerprint density at radius 3 is 2.90 bits per heavy atom. The lowest BCUT2D eigenvalue weighted by molar-refractivity contribution is -0.119. The monoisotopic (exact) mass is 392 g/mol. The van der Waals surface area contributed by atoms with Crippen LogP contribution in [0, 0.1) is 0 Å². The van der Waals surface area contributed by atoms with Gasteiger partial charge in [-0.2, -0.15) is 0 Å². The fourth-order valence-corrected chi connectivity index (χ4v) is 4.12. The topological polar surface area (TPSA) is 83.0 Å². The highest BCUT2D eigenvalue weighted by atomic mass is 16.3. The number of rotatable bonds is 7. The van der Waals surface area contributed by atoms with E-state index in [4.69, 9.17) is 4.42 Å². The molecule has 2 aromatic heterocycles. The van der Waals surface area contributed by atoms with Gasteiger partial charge in [-0.15, -0.1) is 0 Å². The number of nitrogens with one attached hydrogen (secondary N) is 3. The number of para-hydroxylation sites is 1. The van der Waals surface area contributed by atoms with Crippen molar-refractivity contribution in [3.8, 4) is 0 Å². The summed E-state index contributed by atoms with van der Waals surface area (Å²) in [7, 11) is 0. The summed E-state index contributed by atoms with van der Waals surface area (Å²) in [6, 6.07) is 8.23. The molecule has 1 aliphatic carbocycles. The summed E-state index contributed by atoms with van der Waals surface area (Å²) in [4.78, 5) is 19.7. The molecule has 3 N–H and O–H groups in total. The molecule has 1 unspecified atom stereocenters. The van der Waals surface area contributed by atoms with Crippen LogP contribution in [0.2, 0.25) is 0 Å². The van der Waals surface area contributed by atoms with Crippen LogP contribution in [0.5, 0.6) is 0 Å². The molecule has 0 aliphatic heterocycles. The van der Waals surface area contributed by atoms with Crippen LogP contribution >= 0.6 is 0 Å². The number of aromatic nitrogens is 2. The number of oxazole rings is 1. The number of fused-ring (bicyclic) bond motifs is 1. The number of H-pyrrole nitrogens is 1. The summed E-state index contributed by atoms with van der Waals surface area (Å²) in [6.45, 7) is 5.65. The molecule has 1 saturated carbocycles. The van der Waals surface area contributed by atoms with Crippen LogP contribution < -0.4 is 10.6 Å². The Morgan fingerprint density at radius 2 is 2.10 bits per heavy atom. The Morgan fingerprint density at radius 1 is 1.31 bits per heavy atom. The number of carbonyl (C=O) groups excluding carboxylic acids is 1. The smallest absolute Gasteiger partial charge is 0.217 e. The second-order valence-corrected chi connectivity index (χ2v) is 7.85. The van der Waals surface area contributed by atoms with Crippen molar-refractivity contribution in [1.29, 1.82) is 0 Å². The number of benzene rings is 1. The number of amides is 1. The minimum Gasteiger partial charge on any atom is -0.446 e. The zero-order chi connectivity index (χ0) is 20.2. The zero-order valence-corrected chi connectivity index (χ0v) is 16.8. The number of hydrogen-bond acceptors (Lipinski definition) is 4. The molecule has 4 rings (SSSR count). The Hall–Kier alpha value is -3.02. The van der Waals surface area contributed by atoms with E-state index in [1.165, 1.54) is 39.0 Å². The van der Waals surface area contributed by atoms with Gasteiger partial charge >= 0.3 is 0 Å². The molecule has 1 amide bonds. The summed E-state index contributed by atoms with van der Waals surface area (Å²) >= 11 is 0.